The number of anilines is 2. The summed E-state index contributed by atoms with van der Waals surface area (Å²) in [4.78, 5) is 17.8. The third kappa shape index (κ3) is 8.36. The lowest BCUT2D eigenvalue weighted by atomic mass is 9.95. The molecule has 0 saturated heterocycles. The lowest BCUT2D eigenvalue weighted by Gasteiger charge is -2.26. The molecule has 1 heterocycles. The molecule has 1 fully saturated rings. The summed E-state index contributed by atoms with van der Waals surface area (Å²) in [5.74, 6) is -0.298. The average Bonchev–Trinajstić information content (AvgIpc) is 3.53. The molecule has 0 bridgehead atoms. The predicted molar refractivity (Wildman–Crippen MR) is 142 cm³/mol. The number of halogens is 2. The van der Waals surface area contributed by atoms with Crippen LogP contribution in [-0.2, 0) is 16.4 Å². The summed E-state index contributed by atoms with van der Waals surface area (Å²) in [5, 5.41) is 6.13. The van der Waals surface area contributed by atoms with Crippen LogP contribution in [0, 0.1) is 23.5 Å². The number of rotatable bonds is 13. The number of amides is 1. The Morgan fingerprint density at radius 3 is 2.43 bits per heavy atom. The van der Waals surface area contributed by atoms with E-state index in [0.717, 1.165) is 35.9 Å². The van der Waals surface area contributed by atoms with Crippen LogP contribution in [0.5, 0.6) is 0 Å². The number of hydrogen-bond acceptors (Lipinski definition) is 6. The van der Waals surface area contributed by atoms with E-state index in [4.69, 9.17) is 5.73 Å². The van der Waals surface area contributed by atoms with Gasteiger partial charge in [-0.15, -0.1) is 0 Å². The maximum atomic E-state index is 13.8. The van der Waals surface area contributed by atoms with Crippen molar-refractivity contribution in [2.75, 3.05) is 29.5 Å². The number of nitrogens with one attached hydrogen (secondary N) is 2. The summed E-state index contributed by atoms with van der Waals surface area (Å²) >= 11 is 0. The van der Waals surface area contributed by atoms with Gasteiger partial charge < -0.3 is 16.4 Å². The molecule has 4 N–H and O–H groups in total. The van der Waals surface area contributed by atoms with Gasteiger partial charge in [0.15, 0.2) is 0 Å². The fourth-order valence-electron chi connectivity index (χ4n) is 4.17. The van der Waals surface area contributed by atoms with E-state index in [9.17, 15) is 22.0 Å². The van der Waals surface area contributed by atoms with Crippen LogP contribution in [0.4, 0.5) is 20.4 Å². The Hall–Kier alpha value is -2.79. The summed E-state index contributed by atoms with van der Waals surface area (Å²) in [5.41, 5.74) is 6.98. The molecular formula is C26H37F2N5O3S. The van der Waals surface area contributed by atoms with Crippen LogP contribution in [0.1, 0.15) is 55.5 Å². The predicted octanol–water partition coefficient (Wildman–Crippen LogP) is 3.68. The van der Waals surface area contributed by atoms with Crippen molar-refractivity contribution in [1.29, 1.82) is 0 Å². The molecule has 2 unspecified atom stereocenters. The van der Waals surface area contributed by atoms with Gasteiger partial charge in [0.25, 0.3) is 5.91 Å². The number of unbranched alkanes of at least 4 members (excludes halogenated alkanes) is 1. The second kappa shape index (κ2) is 12.2. The highest BCUT2D eigenvalue weighted by molar-refractivity contribution is 7.92. The summed E-state index contributed by atoms with van der Waals surface area (Å²) in [6.45, 7) is 4.84. The van der Waals surface area contributed by atoms with Gasteiger partial charge in [0, 0.05) is 37.3 Å². The molecule has 1 amide bonds. The Morgan fingerprint density at radius 2 is 1.86 bits per heavy atom. The van der Waals surface area contributed by atoms with Crippen LogP contribution in [0.25, 0.3) is 0 Å². The first kappa shape index (κ1) is 28.8. The summed E-state index contributed by atoms with van der Waals surface area (Å²) in [6, 6.07) is 5.15. The third-order valence-electron chi connectivity index (χ3n) is 6.82. The first-order valence-corrected chi connectivity index (χ1v) is 14.4. The zero-order chi connectivity index (χ0) is 27.3. The van der Waals surface area contributed by atoms with E-state index in [1.54, 1.807) is 6.07 Å². The SMILES string of the molecule is CCCC[C@H](N)[C@H](Cc1cc(F)cc(F)c1)NC(=O)c1cc(NCC2CC2C)nc(N(C)S(C)(=O)=O)c1. The highest BCUT2D eigenvalue weighted by Gasteiger charge is 2.32. The number of pyridine rings is 1. The maximum absolute atomic E-state index is 13.8. The second-order valence-electron chi connectivity index (χ2n) is 10.1. The van der Waals surface area contributed by atoms with Crippen molar-refractivity contribution in [3.05, 3.63) is 53.1 Å². The van der Waals surface area contributed by atoms with E-state index in [-0.39, 0.29) is 17.8 Å². The minimum atomic E-state index is -3.62. The van der Waals surface area contributed by atoms with E-state index >= 15 is 0 Å². The van der Waals surface area contributed by atoms with E-state index in [0.29, 0.717) is 36.2 Å². The van der Waals surface area contributed by atoms with E-state index in [1.807, 2.05) is 6.92 Å². The molecule has 8 nitrogen and oxygen atoms in total. The highest BCUT2D eigenvalue weighted by Crippen LogP contribution is 2.37. The van der Waals surface area contributed by atoms with Gasteiger partial charge in [-0.1, -0.05) is 26.7 Å². The van der Waals surface area contributed by atoms with Crippen molar-refractivity contribution in [3.8, 4) is 0 Å². The van der Waals surface area contributed by atoms with E-state index < -0.39 is 39.6 Å². The van der Waals surface area contributed by atoms with Crippen molar-refractivity contribution in [2.24, 2.45) is 17.6 Å². The fraction of sp³-hybridized carbons (Fsp3) is 0.538. The summed E-state index contributed by atoms with van der Waals surface area (Å²) in [7, 11) is -2.25. The van der Waals surface area contributed by atoms with Gasteiger partial charge in [0.05, 0.1) is 6.26 Å². The van der Waals surface area contributed by atoms with Crippen molar-refractivity contribution < 1.29 is 22.0 Å². The van der Waals surface area contributed by atoms with E-state index in [2.05, 4.69) is 22.5 Å². The molecule has 11 heteroatoms. The molecule has 1 aliphatic rings. The van der Waals surface area contributed by atoms with Crippen LogP contribution >= 0.6 is 0 Å². The van der Waals surface area contributed by atoms with Gasteiger partial charge in [-0.25, -0.2) is 22.2 Å². The van der Waals surface area contributed by atoms with Crippen LogP contribution < -0.4 is 20.7 Å². The Labute approximate surface area is 218 Å². The molecule has 0 spiro atoms. The number of aromatic nitrogens is 1. The number of hydrogen-bond donors (Lipinski definition) is 3. The lowest BCUT2D eigenvalue weighted by Crippen LogP contribution is -2.49. The molecule has 4 atom stereocenters. The molecule has 1 aliphatic carbocycles. The summed E-state index contributed by atoms with van der Waals surface area (Å²) < 4.78 is 52.9. The zero-order valence-corrected chi connectivity index (χ0v) is 22.6. The van der Waals surface area contributed by atoms with Gasteiger partial charge >= 0.3 is 0 Å². The first-order valence-electron chi connectivity index (χ1n) is 12.6. The third-order valence-corrected chi connectivity index (χ3v) is 8.00. The Kier molecular flexibility index (Phi) is 9.46. The molecule has 3 rings (SSSR count). The molecule has 204 valence electrons. The topological polar surface area (TPSA) is 117 Å². The molecule has 1 saturated carbocycles. The number of sulfonamides is 1. The van der Waals surface area contributed by atoms with Gasteiger partial charge in [0.2, 0.25) is 10.0 Å². The van der Waals surface area contributed by atoms with Crippen molar-refractivity contribution in [1.82, 2.24) is 10.3 Å². The number of carbonyl (C=O) groups excluding carboxylic acids is 1. The number of nitrogens with zero attached hydrogens (tertiary/aromatic N) is 2. The highest BCUT2D eigenvalue weighted by atomic mass is 32.2. The molecule has 1 aromatic carbocycles. The van der Waals surface area contributed by atoms with E-state index in [1.165, 1.54) is 25.2 Å². The Balaban J connectivity index is 1.88. The maximum Gasteiger partial charge on any atom is 0.251 e. The molecule has 37 heavy (non-hydrogen) atoms. The number of benzene rings is 1. The monoisotopic (exact) mass is 537 g/mol. The van der Waals surface area contributed by atoms with Gasteiger partial charge in [0.1, 0.15) is 23.3 Å². The van der Waals surface area contributed by atoms with Crippen molar-refractivity contribution in [2.45, 2.75) is 58.0 Å². The molecule has 0 aliphatic heterocycles. The number of nitrogens with two attached hydrogens (primary N) is 1. The Morgan fingerprint density at radius 1 is 1.22 bits per heavy atom. The van der Waals surface area contributed by atoms with Crippen LogP contribution in [0.2, 0.25) is 0 Å². The number of carbonyl (C=O) groups is 1. The lowest BCUT2D eigenvalue weighted by molar-refractivity contribution is 0.0929. The second-order valence-corrected chi connectivity index (χ2v) is 12.1. The van der Waals surface area contributed by atoms with Crippen LogP contribution in [0.15, 0.2) is 30.3 Å². The molecule has 1 aromatic heterocycles. The van der Waals surface area contributed by atoms with Gasteiger partial charge in [-0.2, -0.15) is 0 Å². The molecular weight excluding hydrogens is 500 g/mol. The smallest absolute Gasteiger partial charge is 0.251 e. The standard InChI is InChI=1S/C26H37F2N5O3S/c1-5-6-7-22(29)23(11-17-9-20(27)14-21(28)10-17)31-26(34)18-12-24(30-15-19-8-16(19)2)32-25(13-18)33(3)37(4,35)36/h9-10,12-14,16,19,22-23H,5-8,11,15,29H2,1-4H3,(H,30,32)(H,31,34)/t16?,19?,22-,23-/m0/s1. The Bertz CT molecular complexity index is 1190. The first-order chi connectivity index (χ1) is 17.4. The molecule has 0 radical (unpaired) electrons. The average molecular weight is 538 g/mol. The van der Waals surface area contributed by atoms with Crippen LogP contribution in [-0.4, -0.2) is 51.2 Å². The minimum Gasteiger partial charge on any atom is -0.370 e. The van der Waals surface area contributed by atoms with Gasteiger partial charge in [-0.3, -0.25) is 9.10 Å². The zero-order valence-electron chi connectivity index (χ0n) is 21.8. The summed E-state index contributed by atoms with van der Waals surface area (Å²) in [6.07, 6.45) is 4.64. The van der Waals surface area contributed by atoms with Crippen molar-refractivity contribution in [3.63, 3.8) is 0 Å². The quantitative estimate of drug-likeness (QED) is 0.359. The molecule has 2 aromatic rings. The largest absolute Gasteiger partial charge is 0.370 e. The van der Waals surface area contributed by atoms with Gasteiger partial charge in [-0.05, 0) is 60.9 Å². The minimum absolute atomic E-state index is 0.0977. The van der Waals surface area contributed by atoms with Crippen LogP contribution in [0.3, 0.4) is 0 Å². The normalized spacial score (nSPS) is 18.7. The fourth-order valence-corrected chi connectivity index (χ4v) is 4.61. The van der Waals surface area contributed by atoms with Crippen molar-refractivity contribution >= 4 is 27.6 Å².